The first-order valence-electron chi connectivity index (χ1n) is 10.8. The average Bonchev–Trinajstić information content (AvgIpc) is 3.06. The number of nitriles is 1. The van der Waals surface area contributed by atoms with Gasteiger partial charge in [0.2, 0.25) is 0 Å². The van der Waals surface area contributed by atoms with E-state index in [0.29, 0.717) is 53.2 Å². The van der Waals surface area contributed by atoms with Crippen LogP contribution in [-0.4, -0.2) is 33.0 Å². The molecule has 0 saturated heterocycles. The van der Waals surface area contributed by atoms with Crippen LogP contribution in [0.25, 0.3) is 11.0 Å². The molecule has 2 heterocycles. The molecule has 0 saturated carbocycles. The number of aromatic nitrogens is 2. The number of unbranched alkanes of at least 4 members (excludes halogenated alkanes) is 1. The van der Waals surface area contributed by atoms with Crippen molar-refractivity contribution in [1.82, 2.24) is 9.55 Å². The highest BCUT2D eigenvalue weighted by atomic mass is 35.5. The largest absolute Gasteiger partial charge is 0.481 e. The summed E-state index contributed by atoms with van der Waals surface area (Å²) in [5.74, 6) is -1.00. The van der Waals surface area contributed by atoms with Gasteiger partial charge in [-0.25, -0.2) is 4.98 Å². The number of hydrogen-bond donors (Lipinski definition) is 1. The summed E-state index contributed by atoms with van der Waals surface area (Å²) in [7, 11) is 1.88. The number of halogens is 1. The molecule has 3 aromatic rings. The Hall–Kier alpha value is -3.21. The van der Waals surface area contributed by atoms with Gasteiger partial charge in [0.05, 0.1) is 23.3 Å². The van der Waals surface area contributed by atoms with Crippen molar-refractivity contribution in [2.75, 3.05) is 6.61 Å². The van der Waals surface area contributed by atoms with Crippen LogP contribution in [0.1, 0.15) is 59.3 Å². The number of nitrogens with zero attached hydrogens (tertiary/aromatic N) is 3. The summed E-state index contributed by atoms with van der Waals surface area (Å²) in [4.78, 5) is 28.2. The van der Waals surface area contributed by atoms with Crippen LogP contribution in [0.5, 0.6) is 0 Å². The Morgan fingerprint density at radius 1 is 1.21 bits per heavy atom. The Bertz CT molecular complexity index is 1200. The Labute approximate surface area is 197 Å². The number of aliphatic carboxylic acids is 1. The van der Waals surface area contributed by atoms with E-state index in [0.717, 1.165) is 24.1 Å². The maximum Gasteiger partial charge on any atom is 0.303 e. The van der Waals surface area contributed by atoms with E-state index in [2.05, 4.69) is 11.1 Å². The standard InChI is InChI=1S/C25H26ClN3O4/c1-29-21(8-2-3-11-33-16-18-7-4-6-17(12-18)14-27)24(22(30)9-5-10-23(31)32)20-13-19(26)15-28-25(20)29/h4,6-7,12-13,15H,2-3,5,8-11,16H2,1H3,(H,31,32). The third kappa shape index (κ3) is 6.41. The normalized spacial score (nSPS) is 10.9. The van der Waals surface area contributed by atoms with E-state index in [4.69, 9.17) is 26.7 Å². The maximum absolute atomic E-state index is 13.0. The quantitative estimate of drug-likeness (QED) is 0.294. The van der Waals surface area contributed by atoms with Gasteiger partial charge >= 0.3 is 5.97 Å². The molecule has 2 aromatic heterocycles. The highest BCUT2D eigenvalue weighted by Gasteiger charge is 2.22. The highest BCUT2D eigenvalue weighted by molar-refractivity contribution is 6.31. The summed E-state index contributed by atoms with van der Waals surface area (Å²) >= 11 is 6.14. The van der Waals surface area contributed by atoms with Crippen molar-refractivity contribution in [2.45, 2.75) is 45.1 Å². The molecular weight excluding hydrogens is 442 g/mol. The minimum absolute atomic E-state index is 0.0422. The van der Waals surface area contributed by atoms with Gasteiger partial charge in [-0.15, -0.1) is 0 Å². The van der Waals surface area contributed by atoms with Crippen LogP contribution in [0.2, 0.25) is 5.02 Å². The van der Waals surface area contributed by atoms with Gasteiger partial charge in [0.25, 0.3) is 0 Å². The molecule has 0 atom stereocenters. The van der Waals surface area contributed by atoms with Crippen molar-refractivity contribution in [1.29, 1.82) is 5.26 Å². The lowest BCUT2D eigenvalue weighted by molar-refractivity contribution is -0.137. The van der Waals surface area contributed by atoms with Crippen LogP contribution < -0.4 is 0 Å². The fraction of sp³-hybridized carbons (Fsp3) is 0.360. The number of carboxylic acids is 1. The number of rotatable bonds is 12. The molecule has 1 N–H and O–H groups in total. The molecule has 0 fully saturated rings. The second kappa shape index (κ2) is 11.6. The number of ether oxygens (including phenoxy) is 1. The van der Waals surface area contributed by atoms with E-state index in [9.17, 15) is 9.59 Å². The van der Waals surface area contributed by atoms with Gasteiger partial charge in [0.15, 0.2) is 5.78 Å². The topological polar surface area (TPSA) is 105 Å². The van der Waals surface area contributed by atoms with Crippen molar-refractivity contribution in [3.05, 3.63) is 63.9 Å². The molecular formula is C25H26ClN3O4. The lowest BCUT2D eigenvalue weighted by Gasteiger charge is -2.08. The van der Waals surface area contributed by atoms with Crippen molar-refractivity contribution < 1.29 is 19.4 Å². The minimum atomic E-state index is -0.912. The van der Waals surface area contributed by atoms with Crippen LogP contribution in [0.4, 0.5) is 0 Å². The lowest BCUT2D eigenvalue weighted by atomic mass is 10.00. The van der Waals surface area contributed by atoms with Crippen LogP contribution in [0.15, 0.2) is 36.5 Å². The molecule has 33 heavy (non-hydrogen) atoms. The van der Waals surface area contributed by atoms with Crippen molar-refractivity contribution in [2.24, 2.45) is 7.05 Å². The number of benzene rings is 1. The molecule has 172 valence electrons. The van der Waals surface area contributed by atoms with Gasteiger partial charge in [0, 0.05) is 49.3 Å². The number of hydrogen-bond acceptors (Lipinski definition) is 5. The lowest BCUT2D eigenvalue weighted by Crippen LogP contribution is -2.07. The number of Topliss-reactive ketones (excluding diaryl/α,β-unsaturated/α-hetero) is 1. The van der Waals surface area contributed by atoms with Gasteiger partial charge in [-0.05, 0) is 49.4 Å². The molecule has 0 spiro atoms. The van der Waals surface area contributed by atoms with E-state index in [1.165, 1.54) is 0 Å². The zero-order chi connectivity index (χ0) is 23.8. The first-order chi connectivity index (χ1) is 15.9. The first-order valence-corrected chi connectivity index (χ1v) is 11.2. The van der Waals surface area contributed by atoms with Crippen molar-refractivity contribution in [3.8, 4) is 6.07 Å². The maximum atomic E-state index is 13.0. The Morgan fingerprint density at radius 3 is 2.79 bits per heavy atom. The number of ketones is 1. The number of pyridine rings is 1. The highest BCUT2D eigenvalue weighted by Crippen LogP contribution is 2.29. The smallest absolute Gasteiger partial charge is 0.303 e. The molecule has 0 unspecified atom stereocenters. The average molecular weight is 468 g/mol. The molecule has 8 heteroatoms. The van der Waals surface area contributed by atoms with Gasteiger partial charge < -0.3 is 14.4 Å². The zero-order valence-electron chi connectivity index (χ0n) is 18.5. The molecule has 0 amide bonds. The summed E-state index contributed by atoms with van der Waals surface area (Å²) in [6, 6.07) is 11.2. The summed E-state index contributed by atoms with van der Waals surface area (Å²) in [5, 5.41) is 19.0. The summed E-state index contributed by atoms with van der Waals surface area (Å²) in [5.41, 5.74) is 3.72. The molecule has 0 radical (unpaired) electrons. The Morgan fingerprint density at radius 2 is 2.03 bits per heavy atom. The minimum Gasteiger partial charge on any atom is -0.481 e. The summed E-state index contributed by atoms with van der Waals surface area (Å²) < 4.78 is 7.67. The van der Waals surface area contributed by atoms with Crippen LogP contribution in [-0.2, 0) is 29.6 Å². The fourth-order valence-electron chi connectivity index (χ4n) is 3.88. The number of fused-ring (bicyclic) bond motifs is 1. The van der Waals surface area contributed by atoms with E-state index < -0.39 is 5.97 Å². The van der Waals surface area contributed by atoms with Crippen LogP contribution in [0.3, 0.4) is 0 Å². The molecule has 7 nitrogen and oxygen atoms in total. The monoisotopic (exact) mass is 467 g/mol. The zero-order valence-corrected chi connectivity index (χ0v) is 19.3. The predicted molar refractivity (Wildman–Crippen MR) is 125 cm³/mol. The van der Waals surface area contributed by atoms with Crippen molar-refractivity contribution >= 4 is 34.4 Å². The Kier molecular flexibility index (Phi) is 8.58. The van der Waals surface area contributed by atoms with Gasteiger partial charge in [-0.3, -0.25) is 9.59 Å². The first kappa shape index (κ1) is 24.4. The van der Waals surface area contributed by atoms with Crippen LogP contribution >= 0.6 is 11.6 Å². The molecule has 0 bridgehead atoms. The summed E-state index contributed by atoms with van der Waals surface area (Å²) in [6.07, 6.45) is 4.25. The molecule has 3 rings (SSSR count). The van der Waals surface area contributed by atoms with E-state index in [1.54, 1.807) is 18.3 Å². The van der Waals surface area contributed by atoms with Gasteiger partial charge in [0.1, 0.15) is 5.65 Å². The molecule has 0 aliphatic rings. The van der Waals surface area contributed by atoms with E-state index in [1.807, 2.05) is 29.8 Å². The third-order valence-corrected chi connectivity index (χ3v) is 5.67. The molecule has 1 aromatic carbocycles. The number of carbonyl (C=O) groups is 2. The van der Waals surface area contributed by atoms with Crippen LogP contribution in [0, 0.1) is 11.3 Å². The molecule has 0 aliphatic heterocycles. The second-order valence-corrected chi connectivity index (χ2v) is 8.33. The molecule has 0 aliphatic carbocycles. The summed E-state index contributed by atoms with van der Waals surface area (Å²) in [6.45, 7) is 1.01. The number of aryl methyl sites for hydroxylation is 1. The SMILES string of the molecule is Cn1c(CCCCOCc2cccc(C#N)c2)c(C(=O)CCCC(=O)O)c2cc(Cl)cnc21. The predicted octanol–water partition coefficient (Wildman–Crippen LogP) is 5.08. The second-order valence-electron chi connectivity index (χ2n) is 7.90. The van der Waals surface area contributed by atoms with Gasteiger partial charge in [-0.2, -0.15) is 5.26 Å². The fourth-order valence-corrected chi connectivity index (χ4v) is 4.04. The van der Waals surface area contributed by atoms with Crippen molar-refractivity contribution in [3.63, 3.8) is 0 Å². The van der Waals surface area contributed by atoms with E-state index in [-0.39, 0.29) is 18.6 Å². The van der Waals surface area contributed by atoms with Gasteiger partial charge in [-0.1, -0.05) is 23.7 Å². The van der Waals surface area contributed by atoms with E-state index >= 15 is 0 Å². The number of carbonyl (C=O) groups excluding carboxylic acids is 1. The number of carboxylic acid groups (broad SMARTS) is 1. The third-order valence-electron chi connectivity index (χ3n) is 5.46. The Balaban J connectivity index is 1.63.